The van der Waals surface area contributed by atoms with Gasteiger partial charge < -0.3 is 23.7 Å². The Bertz CT molecular complexity index is 1120. The quantitative estimate of drug-likeness (QED) is 0.598. The van der Waals surface area contributed by atoms with Crippen LogP contribution in [0.5, 0.6) is 5.75 Å². The van der Waals surface area contributed by atoms with Gasteiger partial charge in [-0.2, -0.15) is 0 Å². The van der Waals surface area contributed by atoms with Gasteiger partial charge in [0.1, 0.15) is 5.75 Å². The van der Waals surface area contributed by atoms with Crippen molar-refractivity contribution in [3.8, 4) is 5.75 Å². The van der Waals surface area contributed by atoms with Crippen LogP contribution in [0.15, 0.2) is 71.6 Å². The van der Waals surface area contributed by atoms with Crippen molar-refractivity contribution in [1.82, 2.24) is 14.8 Å². The number of nitrogens with zero attached hydrogens (tertiary/aromatic N) is 3. The summed E-state index contributed by atoms with van der Waals surface area (Å²) in [7, 11) is 1.62. The third-order valence-corrected chi connectivity index (χ3v) is 6.40. The molecule has 8 heteroatoms. The zero-order chi connectivity index (χ0) is 22.8. The van der Waals surface area contributed by atoms with E-state index < -0.39 is 5.60 Å². The van der Waals surface area contributed by atoms with E-state index in [4.69, 9.17) is 13.9 Å². The van der Waals surface area contributed by atoms with Gasteiger partial charge in [0.15, 0.2) is 11.4 Å². The van der Waals surface area contributed by atoms with Gasteiger partial charge in [0.25, 0.3) is 11.8 Å². The first-order valence-electron chi connectivity index (χ1n) is 10.9. The average Bonchev–Trinajstić information content (AvgIpc) is 3.52. The number of morpholine rings is 1. The first kappa shape index (κ1) is 21.2. The maximum atomic E-state index is 13.9. The van der Waals surface area contributed by atoms with E-state index in [0.717, 1.165) is 16.9 Å². The molecule has 1 aromatic carbocycles. The highest BCUT2D eigenvalue weighted by atomic mass is 16.5. The average molecular weight is 447 g/mol. The number of hydrogen-bond donors (Lipinski definition) is 0. The van der Waals surface area contributed by atoms with Crippen molar-refractivity contribution in [2.24, 2.45) is 0 Å². The Morgan fingerprint density at radius 1 is 1.21 bits per heavy atom. The number of pyridine rings is 1. The van der Waals surface area contributed by atoms with Gasteiger partial charge >= 0.3 is 0 Å². The summed E-state index contributed by atoms with van der Waals surface area (Å²) in [6.45, 7) is 1.83. The van der Waals surface area contributed by atoms with Gasteiger partial charge in [0.2, 0.25) is 0 Å². The van der Waals surface area contributed by atoms with Crippen LogP contribution < -0.4 is 4.74 Å². The van der Waals surface area contributed by atoms with E-state index in [0.29, 0.717) is 26.2 Å². The Labute approximate surface area is 191 Å². The molecular formula is C25H25N3O5. The first-order chi connectivity index (χ1) is 16.1. The molecule has 170 valence electrons. The fourth-order valence-electron chi connectivity index (χ4n) is 4.73. The minimum Gasteiger partial charge on any atom is -0.497 e. The maximum Gasteiger partial charge on any atom is 0.289 e. The molecule has 0 radical (unpaired) electrons. The molecule has 33 heavy (non-hydrogen) atoms. The third-order valence-electron chi connectivity index (χ3n) is 6.40. The van der Waals surface area contributed by atoms with E-state index >= 15 is 0 Å². The Hall–Kier alpha value is -3.65. The summed E-state index contributed by atoms with van der Waals surface area (Å²) in [5.74, 6) is 0.303. The molecular weight excluding hydrogens is 422 g/mol. The van der Waals surface area contributed by atoms with Crippen molar-refractivity contribution in [2.75, 3.05) is 33.4 Å². The summed E-state index contributed by atoms with van der Waals surface area (Å²) < 4.78 is 16.8. The third kappa shape index (κ3) is 3.87. The van der Waals surface area contributed by atoms with E-state index in [1.807, 2.05) is 41.3 Å². The molecule has 8 nitrogen and oxygen atoms in total. The number of methoxy groups -OCH3 is 1. The molecule has 2 amide bonds. The van der Waals surface area contributed by atoms with Gasteiger partial charge in [-0.15, -0.1) is 0 Å². The van der Waals surface area contributed by atoms with E-state index in [1.165, 1.54) is 6.26 Å². The summed E-state index contributed by atoms with van der Waals surface area (Å²) in [6, 6.07) is 14.7. The predicted molar refractivity (Wildman–Crippen MR) is 119 cm³/mol. The number of carbonyl (C=O) groups is 2. The van der Waals surface area contributed by atoms with Gasteiger partial charge in [-0.3, -0.25) is 14.6 Å². The Balaban J connectivity index is 1.45. The fourth-order valence-corrected chi connectivity index (χ4v) is 4.73. The fraction of sp³-hybridized carbons (Fsp3) is 0.320. The molecule has 3 aromatic rings. The molecule has 0 bridgehead atoms. The lowest BCUT2D eigenvalue weighted by atomic mass is 9.83. The molecule has 2 aliphatic heterocycles. The standard InChI is InChI=1S/C25H25N3O5/c1-31-20-8-6-18(7-9-20)15-27-11-13-33-25(24(27)30)17-28(23(29)22-5-3-12-32-22)16-21(25)19-4-2-10-26-14-19/h2-10,12,14,21H,11,13,15-17H2,1H3/t21-,25+/m1/s1. The van der Waals surface area contributed by atoms with Crippen molar-refractivity contribution >= 4 is 11.8 Å². The van der Waals surface area contributed by atoms with Crippen LogP contribution in [0.3, 0.4) is 0 Å². The number of hydrogen-bond acceptors (Lipinski definition) is 6. The van der Waals surface area contributed by atoms with E-state index in [9.17, 15) is 9.59 Å². The van der Waals surface area contributed by atoms with Crippen LogP contribution in [-0.2, 0) is 16.1 Å². The lowest BCUT2D eigenvalue weighted by Gasteiger charge is -2.42. The number of carbonyl (C=O) groups excluding carboxylic acids is 2. The van der Waals surface area contributed by atoms with Crippen LogP contribution in [0.25, 0.3) is 0 Å². The van der Waals surface area contributed by atoms with Crippen molar-refractivity contribution < 1.29 is 23.5 Å². The monoisotopic (exact) mass is 447 g/mol. The summed E-state index contributed by atoms with van der Waals surface area (Å²) in [6.07, 6.45) is 4.90. The molecule has 0 saturated carbocycles. The molecule has 2 saturated heterocycles. The molecule has 1 spiro atoms. The van der Waals surface area contributed by atoms with Crippen LogP contribution in [0.1, 0.15) is 27.6 Å². The predicted octanol–water partition coefficient (Wildman–Crippen LogP) is 2.72. The number of aromatic nitrogens is 1. The smallest absolute Gasteiger partial charge is 0.289 e. The minimum absolute atomic E-state index is 0.117. The molecule has 2 aliphatic rings. The Kier molecular flexibility index (Phi) is 5.60. The number of likely N-dealkylation sites (tertiary alicyclic amines) is 1. The number of rotatable bonds is 5. The van der Waals surface area contributed by atoms with Gasteiger partial charge in [-0.1, -0.05) is 18.2 Å². The second-order valence-corrected chi connectivity index (χ2v) is 8.31. The van der Waals surface area contributed by atoms with Gasteiger partial charge in [0, 0.05) is 37.9 Å². The van der Waals surface area contributed by atoms with Crippen LogP contribution in [-0.4, -0.2) is 65.6 Å². The number of ether oxygens (including phenoxy) is 2. The Morgan fingerprint density at radius 3 is 2.76 bits per heavy atom. The molecule has 0 N–H and O–H groups in total. The lowest BCUT2D eigenvalue weighted by molar-refractivity contribution is -0.172. The zero-order valence-electron chi connectivity index (χ0n) is 18.3. The van der Waals surface area contributed by atoms with Crippen LogP contribution in [0.2, 0.25) is 0 Å². The molecule has 2 aromatic heterocycles. The highest BCUT2D eigenvalue weighted by Crippen LogP contribution is 2.42. The molecule has 5 rings (SSSR count). The van der Waals surface area contributed by atoms with Crippen LogP contribution in [0.4, 0.5) is 0 Å². The second kappa shape index (κ2) is 8.71. The highest BCUT2D eigenvalue weighted by molar-refractivity contribution is 5.94. The number of amides is 2. The van der Waals surface area contributed by atoms with Crippen LogP contribution in [0, 0.1) is 0 Å². The van der Waals surface area contributed by atoms with Crippen molar-refractivity contribution in [1.29, 1.82) is 0 Å². The SMILES string of the molecule is COc1ccc(CN2CCO[C@]3(CN(C(=O)c4ccco4)C[C@@H]3c3cccnc3)C2=O)cc1. The summed E-state index contributed by atoms with van der Waals surface area (Å²) in [5.41, 5.74) is 0.697. The van der Waals surface area contributed by atoms with E-state index in [1.54, 1.807) is 36.5 Å². The summed E-state index contributed by atoms with van der Waals surface area (Å²) >= 11 is 0. The normalized spacial score (nSPS) is 22.7. The maximum absolute atomic E-state index is 13.9. The molecule has 0 unspecified atom stereocenters. The summed E-state index contributed by atoms with van der Waals surface area (Å²) in [4.78, 5) is 34.7. The van der Waals surface area contributed by atoms with E-state index in [2.05, 4.69) is 4.98 Å². The lowest BCUT2D eigenvalue weighted by Crippen LogP contribution is -2.60. The van der Waals surface area contributed by atoms with Gasteiger partial charge in [0.05, 0.1) is 26.5 Å². The van der Waals surface area contributed by atoms with Gasteiger partial charge in [-0.25, -0.2) is 0 Å². The number of furan rings is 1. The molecule has 2 fully saturated rings. The topological polar surface area (TPSA) is 85.1 Å². The minimum atomic E-state index is -1.17. The van der Waals surface area contributed by atoms with Gasteiger partial charge in [-0.05, 0) is 41.5 Å². The number of benzene rings is 1. The van der Waals surface area contributed by atoms with Crippen molar-refractivity contribution in [3.05, 3.63) is 84.1 Å². The second-order valence-electron chi connectivity index (χ2n) is 8.31. The first-order valence-corrected chi connectivity index (χ1v) is 10.9. The van der Waals surface area contributed by atoms with Crippen molar-refractivity contribution in [2.45, 2.75) is 18.1 Å². The Morgan fingerprint density at radius 2 is 2.06 bits per heavy atom. The summed E-state index contributed by atoms with van der Waals surface area (Å²) in [5, 5.41) is 0. The van der Waals surface area contributed by atoms with Crippen LogP contribution >= 0.6 is 0 Å². The molecule has 0 aliphatic carbocycles. The van der Waals surface area contributed by atoms with Crippen molar-refractivity contribution in [3.63, 3.8) is 0 Å². The molecule has 2 atom stereocenters. The van der Waals surface area contributed by atoms with E-state index in [-0.39, 0.29) is 30.0 Å². The highest BCUT2D eigenvalue weighted by Gasteiger charge is 2.58. The molecule has 4 heterocycles. The zero-order valence-corrected chi connectivity index (χ0v) is 18.3. The largest absolute Gasteiger partial charge is 0.497 e.